The first-order chi connectivity index (χ1) is 16.1. The molecule has 2 atom stereocenters. The minimum absolute atomic E-state index is 0.0844. The number of hydrogen-bond acceptors (Lipinski definition) is 3. The summed E-state index contributed by atoms with van der Waals surface area (Å²) in [4.78, 5) is 2.32. The van der Waals surface area contributed by atoms with Crippen molar-refractivity contribution in [1.82, 2.24) is 10.2 Å². The Morgan fingerprint density at radius 1 is 0.879 bits per heavy atom. The standard InChI is InChI=1S/C28H32F2N2O/c29-24-12-8-22(9-13-24)26(23-10-14-25(30)15-11-23)7-4-17-32-18-16-27(28(33)20-32)31-19-21-5-2-1-3-6-21/h1-3,5-6,8-15,26-28,31,33H,4,7,16-20H2/t27-,28-/m1/s1. The van der Waals surface area contributed by atoms with Crippen molar-refractivity contribution in [3.8, 4) is 0 Å². The van der Waals surface area contributed by atoms with E-state index in [0.717, 1.165) is 50.0 Å². The maximum atomic E-state index is 13.4. The van der Waals surface area contributed by atoms with Crippen LogP contribution in [0, 0.1) is 11.6 Å². The maximum absolute atomic E-state index is 13.4. The fraction of sp³-hybridized carbons (Fsp3) is 0.357. The normalized spacial score (nSPS) is 19.2. The lowest BCUT2D eigenvalue weighted by molar-refractivity contribution is 0.0392. The van der Waals surface area contributed by atoms with E-state index in [1.54, 1.807) is 0 Å². The average molecular weight is 451 g/mol. The number of likely N-dealkylation sites (tertiary alicyclic amines) is 1. The molecule has 5 heteroatoms. The second-order valence-electron chi connectivity index (χ2n) is 8.93. The molecule has 0 unspecified atom stereocenters. The number of hydrogen-bond donors (Lipinski definition) is 2. The highest BCUT2D eigenvalue weighted by Gasteiger charge is 2.27. The molecule has 1 heterocycles. The first-order valence-electron chi connectivity index (χ1n) is 11.8. The van der Waals surface area contributed by atoms with Gasteiger partial charge in [-0.05, 0) is 73.3 Å². The van der Waals surface area contributed by atoms with Gasteiger partial charge in [-0.3, -0.25) is 0 Å². The predicted molar refractivity (Wildman–Crippen MR) is 128 cm³/mol. The van der Waals surface area contributed by atoms with E-state index in [0.29, 0.717) is 6.54 Å². The van der Waals surface area contributed by atoms with Gasteiger partial charge in [0.05, 0.1) is 6.10 Å². The molecule has 0 radical (unpaired) electrons. The molecule has 2 N–H and O–H groups in total. The Balaban J connectivity index is 1.29. The van der Waals surface area contributed by atoms with Crippen molar-refractivity contribution >= 4 is 0 Å². The lowest BCUT2D eigenvalue weighted by Crippen LogP contribution is -2.52. The van der Waals surface area contributed by atoms with E-state index in [-0.39, 0.29) is 23.6 Å². The number of rotatable bonds is 9. The first kappa shape index (κ1) is 23.6. The molecule has 3 aromatic carbocycles. The quantitative estimate of drug-likeness (QED) is 0.476. The zero-order valence-corrected chi connectivity index (χ0v) is 18.8. The summed E-state index contributed by atoms with van der Waals surface area (Å²) in [5.74, 6) is -0.426. The SMILES string of the molecule is O[C@@H]1CN(CCCC(c2ccc(F)cc2)c2ccc(F)cc2)CC[C@H]1NCc1ccccc1. The van der Waals surface area contributed by atoms with E-state index in [1.165, 1.54) is 29.8 Å². The number of nitrogens with zero attached hydrogens (tertiary/aromatic N) is 1. The van der Waals surface area contributed by atoms with Crippen LogP contribution in [0.4, 0.5) is 8.78 Å². The second kappa shape index (κ2) is 11.5. The third-order valence-electron chi connectivity index (χ3n) is 6.59. The summed E-state index contributed by atoms with van der Waals surface area (Å²) in [5.41, 5.74) is 3.29. The molecule has 1 aliphatic rings. The first-order valence-corrected chi connectivity index (χ1v) is 11.8. The highest BCUT2D eigenvalue weighted by Crippen LogP contribution is 2.30. The fourth-order valence-corrected chi connectivity index (χ4v) is 4.72. The summed E-state index contributed by atoms with van der Waals surface area (Å²) in [6.07, 6.45) is 2.33. The molecule has 4 rings (SSSR count). The predicted octanol–water partition coefficient (Wildman–Crippen LogP) is 5.10. The molecule has 1 fully saturated rings. The van der Waals surface area contributed by atoms with Crippen molar-refractivity contribution in [2.24, 2.45) is 0 Å². The van der Waals surface area contributed by atoms with Gasteiger partial charge >= 0.3 is 0 Å². The van der Waals surface area contributed by atoms with Gasteiger partial charge in [0, 0.05) is 25.0 Å². The van der Waals surface area contributed by atoms with Crippen LogP contribution in [-0.4, -0.2) is 41.8 Å². The van der Waals surface area contributed by atoms with Crippen LogP contribution in [0.15, 0.2) is 78.9 Å². The molecule has 0 aromatic heterocycles. The van der Waals surface area contributed by atoms with Gasteiger partial charge in [0.15, 0.2) is 0 Å². The Morgan fingerprint density at radius 2 is 1.48 bits per heavy atom. The largest absolute Gasteiger partial charge is 0.390 e. The van der Waals surface area contributed by atoms with Gasteiger partial charge in [-0.25, -0.2) is 8.78 Å². The monoisotopic (exact) mass is 450 g/mol. The van der Waals surface area contributed by atoms with Crippen molar-refractivity contribution in [1.29, 1.82) is 0 Å². The van der Waals surface area contributed by atoms with Crippen LogP contribution in [0.5, 0.6) is 0 Å². The number of piperidine rings is 1. The van der Waals surface area contributed by atoms with Crippen molar-refractivity contribution in [3.05, 3.63) is 107 Å². The molecular formula is C28H32F2N2O. The Hall–Kier alpha value is -2.60. The van der Waals surface area contributed by atoms with E-state index in [4.69, 9.17) is 0 Å². The summed E-state index contributed by atoms with van der Waals surface area (Å²) in [6, 6.07) is 23.5. The lowest BCUT2D eigenvalue weighted by Gasteiger charge is -2.36. The summed E-state index contributed by atoms with van der Waals surface area (Å²) >= 11 is 0. The van der Waals surface area contributed by atoms with Crippen molar-refractivity contribution in [3.63, 3.8) is 0 Å². The summed E-state index contributed by atoms with van der Waals surface area (Å²) < 4.78 is 26.9. The highest BCUT2D eigenvalue weighted by molar-refractivity contribution is 5.32. The Morgan fingerprint density at radius 3 is 2.06 bits per heavy atom. The van der Waals surface area contributed by atoms with E-state index >= 15 is 0 Å². The second-order valence-corrected chi connectivity index (χ2v) is 8.93. The summed E-state index contributed by atoms with van der Waals surface area (Å²) in [7, 11) is 0. The summed E-state index contributed by atoms with van der Waals surface area (Å²) in [6.45, 7) is 3.26. The molecule has 1 aliphatic heterocycles. The van der Waals surface area contributed by atoms with Gasteiger partial charge < -0.3 is 15.3 Å². The van der Waals surface area contributed by atoms with Gasteiger partial charge in [-0.15, -0.1) is 0 Å². The molecule has 0 bridgehead atoms. The van der Waals surface area contributed by atoms with E-state index < -0.39 is 6.10 Å². The van der Waals surface area contributed by atoms with Gasteiger partial charge in [-0.1, -0.05) is 54.6 Å². The molecule has 0 aliphatic carbocycles. The van der Waals surface area contributed by atoms with Crippen molar-refractivity contribution in [2.45, 2.75) is 43.9 Å². The molecule has 33 heavy (non-hydrogen) atoms. The van der Waals surface area contributed by atoms with Crippen LogP contribution in [0.2, 0.25) is 0 Å². The smallest absolute Gasteiger partial charge is 0.123 e. The Kier molecular flexibility index (Phi) is 8.21. The third kappa shape index (κ3) is 6.70. The molecule has 0 amide bonds. The van der Waals surface area contributed by atoms with Gasteiger partial charge in [0.1, 0.15) is 11.6 Å². The zero-order valence-electron chi connectivity index (χ0n) is 18.8. The maximum Gasteiger partial charge on any atom is 0.123 e. The minimum Gasteiger partial charge on any atom is -0.390 e. The van der Waals surface area contributed by atoms with E-state index in [1.807, 2.05) is 42.5 Å². The van der Waals surface area contributed by atoms with Crippen LogP contribution in [-0.2, 0) is 6.54 Å². The third-order valence-corrected chi connectivity index (χ3v) is 6.59. The lowest BCUT2D eigenvalue weighted by atomic mass is 9.87. The van der Waals surface area contributed by atoms with Crippen LogP contribution in [0.1, 0.15) is 41.9 Å². The molecule has 0 spiro atoms. The Labute approximate surface area is 195 Å². The number of β-amino-alcohol motifs (C(OH)–C–C–N with tert-alkyl or cyclic N) is 1. The molecule has 3 aromatic rings. The average Bonchev–Trinajstić information content (AvgIpc) is 2.83. The number of nitrogens with one attached hydrogen (secondary N) is 1. The fourth-order valence-electron chi connectivity index (χ4n) is 4.72. The zero-order chi connectivity index (χ0) is 23.0. The van der Waals surface area contributed by atoms with E-state index in [9.17, 15) is 13.9 Å². The number of aliphatic hydroxyl groups is 1. The van der Waals surface area contributed by atoms with Crippen molar-refractivity contribution < 1.29 is 13.9 Å². The van der Waals surface area contributed by atoms with Gasteiger partial charge in [0.25, 0.3) is 0 Å². The minimum atomic E-state index is -0.396. The molecular weight excluding hydrogens is 418 g/mol. The Bertz CT molecular complexity index is 934. The molecule has 174 valence electrons. The van der Waals surface area contributed by atoms with Crippen LogP contribution in [0.25, 0.3) is 0 Å². The van der Waals surface area contributed by atoms with Crippen LogP contribution < -0.4 is 5.32 Å². The van der Waals surface area contributed by atoms with Crippen molar-refractivity contribution in [2.75, 3.05) is 19.6 Å². The number of benzene rings is 3. The van der Waals surface area contributed by atoms with Gasteiger partial charge in [-0.2, -0.15) is 0 Å². The topological polar surface area (TPSA) is 35.5 Å². The van der Waals surface area contributed by atoms with Crippen LogP contribution >= 0.6 is 0 Å². The number of halogens is 2. The molecule has 1 saturated heterocycles. The highest BCUT2D eigenvalue weighted by atomic mass is 19.1. The van der Waals surface area contributed by atoms with Gasteiger partial charge in [0.2, 0.25) is 0 Å². The molecule has 3 nitrogen and oxygen atoms in total. The summed E-state index contributed by atoms with van der Waals surface area (Å²) in [5, 5.41) is 14.2. The molecule has 0 saturated carbocycles. The van der Waals surface area contributed by atoms with E-state index in [2.05, 4.69) is 22.3 Å². The van der Waals surface area contributed by atoms with Crippen LogP contribution in [0.3, 0.4) is 0 Å². The number of aliphatic hydroxyl groups excluding tert-OH is 1.